The molecular formula is C15H15N3. The van der Waals surface area contributed by atoms with E-state index in [1.165, 1.54) is 5.56 Å². The number of nitrogens with zero attached hydrogens (tertiary/aromatic N) is 2. The Hall–Kier alpha value is -2.16. The second-order valence-electron chi connectivity index (χ2n) is 4.61. The number of aliphatic imine (C=N–C) groups is 1. The molecule has 3 heteroatoms. The van der Waals surface area contributed by atoms with Gasteiger partial charge in [0.25, 0.3) is 0 Å². The van der Waals surface area contributed by atoms with Crippen molar-refractivity contribution in [2.75, 3.05) is 0 Å². The first kappa shape index (κ1) is 11.0. The van der Waals surface area contributed by atoms with Crippen LogP contribution in [-0.2, 0) is 0 Å². The van der Waals surface area contributed by atoms with E-state index in [4.69, 9.17) is 0 Å². The summed E-state index contributed by atoms with van der Waals surface area (Å²) >= 11 is 0. The molecule has 0 saturated carbocycles. The second-order valence-corrected chi connectivity index (χ2v) is 4.61. The fourth-order valence-corrected chi connectivity index (χ4v) is 2.12. The Morgan fingerprint density at radius 3 is 2.94 bits per heavy atom. The maximum absolute atomic E-state index is 4.56. The quantitative estimate of drug-likeness (QED) is 0.828. The van der Waals surface area contributed by atoms with Crippen LogP contribution in [0.15, 0.2) is 47.7 Å². The summed E-state index contributed by atoms with van der Waals surface area (Å²) in [6.07, 6.45) is 5.93. The molecule has 1 aromatic heterocycles. The van der Waals surface area contributed by atoms with Gasteiger partial charge in [-0.1, -0.05) is 11.6 Å². The number of aromatic nitrogens is 1. The van der Waals surface area contributed by atoms with Gasteiger partial charge in [-0.05, 0) is 38.1 Å². The standard InChI is InChI=1S/C15H15N3/c1-10-3-4-14-12(7-10)8-13(9-17-14)15-5-6-16-11(2)18-15/h3-9,11,16H,1-2H3. The molecule has 0 saturated heterocycles. The monoisotopic (exact) mass is 237 g/mol. The molecule has 1 N–H and O–H groups in total. The van der Waals surface area contributed by atoms with Gasteiger partial charge in [0.1, 0.15) is 6.17 Å². The summed E-state index contributed by atoms with van der Waals surface area (Å²) in [4.78, 5) is 9.05. The molecule has 2 heterocycles. The molecule has 0 bridgehead atoms. The van der Waals surface area contributed by atoms with Gasteiger partial charge in [-0.2, -0.15) is 0 Å². The van der Waals surface area contributed by atoms with Crippen LogP contribution in [0, 0.1) is 6.92 Å². The molecule has 0 spiro atoms. The van der Waals surface area contributed by atoms with E-state index in [0.717, 1.165) is 22.2 Å². The summed E-state index contributed by atoms with van der Waals surface area (Å²) in [5, 5.41) is 4.30. The fraction of sp³-hybridized carbons (Fsp3) is 0.200. The Morgan fingerprint density at radius 1 is 1.22 bits per heavy atom. The number of hydrogen-bond acceptors (Lipinski definition) is 3. The van der Waals surface area contributed by atoms with Crippen molar-refractivity contribution in [1.29, 1.82) is 0 Å². The van der Waals surface area contributed by atoms with Crippen LogP contribution < -0.4 is 5.32 Å². The second kappa shape index (κ2) is 4.26. The number of nitrogens with one attached hydrogen (secondary N) is 1. The molecule has 1 aliphatic heterocycles. The SMILES string of the molecule is Cc1ccc2ncc(C3=NC(C)NC=C3)cc2c1. The average molecular weight is 237 g/mol. The normalized spacial score (nSPS) is 18.6. The van der Waals surface area contributed by atoms with Gasteiger partial charge in [0.15, 0.2) is 0 Å². The number of pyridine rings is 1. The number of rotatable bonds is 1. The van der Waals surface area contributed by atoms with Crippen LogP contribution in [0.5, 0.6) is 0 Å². The minimum atomic E-state index is 0.123. The van der Waals surface area contributed by atoms with Crippen molar-refractivity contribution in [1.82, 2.24) is 10.3 Å². The first-order valence-corrected chi connectivity index (χ1v) is 6.09. The van der Waals surface area contributed by atoms with Gasteiger partial charge in [0, 0.05) is 23.3 Å². The van der Waals surface area contributed by atoms with E-state index in [0.29, 0.717) is 0 Å². The largest absolute Gasteiger partial charge is 0.370 e. The maximum Gasteiger partial charge on any atom is 0.116 e. The zero-order valence-corrected chi connectivity index (χ0v) is 10.5. The molecule has 3 rings (SSSR count). The van der Waals surface area contributed by atoms with Crippen LogP contribution in [0.1, 0.15) is 18.1 Å². The van der Waals surface area contributed by atoms with E-state index in [1.54, 1.807) is 0 Å². The molecule has 2 aromatic rings. The first-order chi connectivity index (χ1) is 8.72. The summed E-state index contributed by atoms with van der Waals surface area (Å²) in [5.74, 6) is 0. The van der Waals surface area contributed by atoms with Gasteiger partial charge in [0.05, 0.1) is 11.2 Å². The van der Waals surface area contributed by atoms with E-state index in [-0.39, 0.29) is 6.17 Å². The van der Waals surface area contributed by atoms with E-state index in [2.05, 4.69) is 46.5 Å². The smallest absolute Gasteiger partial charge is 0.116 e. The van der Waals surface area contributed by atoms with Crippen molar-refractivity contribution in [2.24, 2.45) is 4.99 Å². The summed E-state index contributed by atoms with van der Waals surface area (Å²) in [6, 6.07) is 8.44. The lowest BCUT2D eigenvalue weighted by atomic mass is 10.1. The molecule has 0 radical (unpaired) electrons. The Morgan fingerprint density at radius 2 is 2.11 bits per heavy atom. The van der Waals surface area contributed by atoms with Gasteiger partial charge in [-0.25, -0.2) is 0 Å². The number of benzene rings is 1. The lowest BCUT2D eigenvalue weighted by molar-refractivity contribution is 0.666. The molecule has 1 aliphatic rings. The molecule has 3 nitrogen and oxygen atoms in total. The zero-order chi connectivity index (χ0) is 12.5. The highest BCUT2D eigenvalue weighted by molar-refractivity contribution is 6.10. The van der Waals surface area contributed by atoms with Gasteiger partial charge in [0.2, 0.25) is 0 Å². The predicted molar refractivity (Wildman–Crippen MR) is 74.8 cm³/mol. The van der Waals surface area contributed by atoms with E-state index in [1.807, 2.05) is 25.4 Å². The molecule has 90 valence electrons. The lowest BCUT2D eigenvalue weighted by Gasteiger charge is -2.14. The first-order valence-electron chi connectivity index (χ1n) is 6.09. The number of allylic oxidation sites excluding steroid dienone is 1. The summed E-state index contributed by atoms with van der Waals surface area (Å²) in [6.45, 7) is 4.12. The zero-order valence-electron chi connectivity index (χ0n) is 10.5. The third-order valence-corrected chi connectivity index (χ3v) is 3.04. The lowest BCUT2D eigenvalue weighted by Crippen LogP contribution is -2.23. The summed E-state index contributed by atoms with van der Waals surface area (Å²) in [5.41, 5.74) is 4.32. The molecule has 1 atom stereocenters. The Labute approximate surface area is 106 Å². The van der Waals surface area contributed by atoms with E-state index >= 15 is 0 Å². The van der Waals surface area contributed by atoms with Crippen molar-refractivity contribution in [3.05, 3.63) is 53.9 Å². The molecule has 0 aliphatic carbocycles. The third kappa shape index (κ3) is 1.99. The highest BCUT2D eigenvalue weighted by atomic mass is 15.1. The van der Waals surface area contributed by atoms with Crippen LogP contribution in [0.2, 0.25) is 0 Å². The Balaban J connectivity index is 2.10. The van der Waals surface area contributed by atoms with Crippen LogP contribution in [-0.4, -0.2) is 16.9 Å². The van der Waals surface area contributed by atoms with Gasteiger partial charge < -0.3 is 5.32 Å². The van der Waals surface area contributed by atoms with E-state index in [9.17, 15) is 0 Å². The molecule has 1 unspecified atom stereocenters. The molecule has 1 aromatic carbocycles. The minimum Gasteiger partial charge on any atom is -0.370 e. The van der Waals surface area contributed by atoms with Crippen LogP contribution in [0.25, 0.3) is 10.9 Å². The summed E-state index contributed by atoms with van der Waals surface area (Å²) < 4.78 is 0. The van der Waals surface area contributed by atoms with Crippen molar-refractivity contribution in [3.8, 4) is 0 Å². The van der Waals surface area contributed by atoms with Crippen LogP contribution in [0.4, 0.5) is 0 Å². The summed E-state index contributed by atoms with van der Waals surface area (Å²) in [7, 11) is 0. The average Bonchev–Trinajstić information content (AvgIpc) is 2.38. The number of aryl methyl sites for hydroxylation is 1. The number of fused-ring (bicyclic) bond motifs is 1. The van der Waals surface area contributed by atoms with E-state index < -0.39 is 0 Å². The maximum atomic E-state index is 4.56. The highest BCUT2D eigenvalue weighted by Gasteiger charge is 2.08. The van der Waals surface area contributed by atoms with Crippen molar-refractivity contribution in [3.63, 3.8) is 0 Å². The molecule has 0 fully saturated rings. The Kier molecular flexibility index (Phi) is 2.59. The predicted octanol–water partition coefficient (Wildman–Crippen LogP) is 2.80. The third-order valence-electron chi connectivity index (χ3n) is 3.04. The van der Waals surface area contributed by atoms with Crippen LogP contribution >= 0.6 is 0 Å². The van der Waals surface area contributed by atoms with Gasteiger partial charge in [-0.15, -0.1) is 0 Å². The minimum absolute atomic E-state index is 0.123. The number of hydrogen-bond donors (Lipinski definition) is 1. The molecule has 18 heavy (non-hydrogen) atoms. The van der Waals surface area contributed by atoms with Gasteiger partial charge in [-0.3, -0.25) is 9.98 Å². The molecular weight excluding hydrogens is 222 g/mol. The topological polar surface area (TPSA) is 37.3 Å². The fourth-order valence-electron chi connectivity index (χ4n) is 2.12. The van der Waals surface area contributed by atoms with Crippen molar-refractivity contribution in [2.45, 2.75) is 20.0 Å². The van der Waals surface area contributed by atoms with Gasteiger partial charge >= 0.3 is 0 Å². The highest BCUT2D eigenvalue weighted by Crippen LogP contribution is 2.16. The molecule has 0 amide bonds. The van der Waals surface area contributed by atoms with Crippen molar-refractivity contribution < 1.29 is 0 Å². The Bertz CT molecular complexity index is 656. The van der Waals surface area contributed by atoms with Crippen LogP contribution in [0.3, 0.4) is 0 Å². The van der Waals surface area contributed by atoms with Crippen molar-refractivity contribution >= 4 is 16.6 Å².